The molecule has 0 aliphatic carbocycles. The lowest BCUT2D eigenvalue weighted by Crippen LogP contribution is -2.40. The molecule has 0 saturated carbocycles. The molecule has 0 bridgehead atoms. The number of carbonyl (C=O) groups is 2. The van der Waals surface area contributed by atoms with Gasteiger partial charge in [0.25, 0.3) is 0 Å². The normalized spacial score (nSPS) is 11.7. The van der Waals surface area contributed by atoms with Crippen LogP contribution in [0, 0.1) is 0 Å². The number of nitrogens with one attached hydrogen (secondary N) is 1. The minimum atomic E-state index is -0.560. The van der Waals surface area contributed by atoms with Gasteiger partial charge in [0, 0.05) is 0 Å². The molecule has 102 valence electrons. The number of carbonyl (C=O) groups excluding carboxylic acids is 2. The van der Waals surface area contributed by atoms with Crippen LogP contribution in [0.2, 0.25) is 0 Å². The summed E-state index contributed by atoms with van der Waals surface area (Å²) in [6.45, 7) is 12.6. The number of hydrogen-bond donors (Lipinski definition) is 1. The van der Waals surface area contributed by atoms with Crippen molar-refractivity contribution in [2.75, 3.05) is 5.88 Å². The minimum absolute atomic E-state index is 0.115. The second-order valence-electron chi connectivity index (χ2n) is 3.25. The van der Waals surface area contributed by atoms with Gasteiger partial charge in [-0.2, -0.15) is 0 Å². The maximum Gasteiger partial charge on any atom is 0.235 e. The number of amides is 1. The van der Waals surface area contributed by atoms with E-state index in [1.54, 1.807) is 18.2 Å². The van der Waals surface area contributed by atoms with Crippen molar-refractivity contribution in [3.8, 4) is 0 Å². The molecule has 1 amide bonds. The number of rotatable bonds is 7. The Bertz CT molecular complexity index is 322. The van der Waals surface area contributed by atoms with Crippen molar-refractivity contribution in [3.05, 3.63) is 37.0 Å². The van der Waals surface area contributed by atoms with Crippen LogP contribution in [-0.4, -0.2) is 23.6 Å². The highest BCUT2D eigenvalue weighted by Crippen LogP contribution is 2.08. The highest BCUT2D eigenvalue weighted by molar-refractivity contribution is 6.27. The van der Waals surface area contributed by atoms with E-state index in [0.29, 0.717) is 6.42 Å². The van der Waals surface area contributed by atoms with Gasteiger partial charge in [0.15, 0.2) is 5.78 Å². The summed E-state index contributed by atoms with van der Waals surface area (Å²) in [7, 11) is 0. The molecular formula is C14H22ClNO2. The zero-order chi connectivity index (χ0) is 14.6. The fourth-order valence-corrected chi connectivity index (χ4v) is 1.21. The Kier molecular flexibility index (Phi) is 12.8. The predicted octanol–water partition coefficient (Wildman–Crippen LogP) is 3.01. The van der Waals surface area contributed by atoms with Gasteiger partial charge in [-0.15, -0.1) is 11.6 Å². The topological polar surface area (TPSA) is 46.2 Å². The maximum atomic E-state index is 11.3. The van der Waals surface area contributed by atoms with Gasteiger partial charge < -0.3 is 5.32 Å². The van der Waals surface area contributed by atoms with Crippen LogP contribution in [-0.2, 0) is 9.59 Å². The molecular weight excluding hydrogens is 250 g/mol. The molecule has 0 aliphatic heterocycles. The van der Waals surface area contributed by atoms with Crippen molar-refractivity contribution >= 4 is 23.3 Å². The lowest BCUT2D eigenvalue weighted by molar-refractivity contribution is -0.125. The molecule has 3 nitrogen and oxygen atoms in total. The average molecular weight is 272 g/mol. The molecule has 0 radical (unpaired) electrons. The Morgan fingerprint density at radius 2 is 1.89 bits per heavy atom. The molecule has 0 aromatic rings. The molecule has 1 N–H and O–H groups in total. The summed E-state index contributed by atoms with van der Waals surface area (Å²) in [6, 6.07) is -0.560. The third kappa shape index (κ3) is 8.76. The summed E-state index contributed by atoms with van der Waals surface area (Å²) in [5.41, 5.74) is 0.838. The van der Waals surface area contributed by atoms with Crippen LogP contribution >= 0.6 is 11.6 Å². The van der Waals surface area contributed by atoms with E-state index >= 15 is 0 Å². The molecule has 4 heteroatoms. The second-order valence-corrected chi connectivity index (χ2v) is 3.52. The fourth-order valence-electron chi connectivity index (χ4n) is 1.14. The minimum Gasteiger partial charge on any atom is -0.345 e. The highest BCUT2D eigenvalue weighted by Gasteiger charge is 2.16. The first kappa shape index (κ1) is 19.0. The number of ketones is 1. The Morgan fingerprint density at radius 1 is 1.33 bits per heavy atom. The second kappa shape index (κ2) is 12.1. The third-order valence-corrected chi connectivity index (χ3v) is 2.22. The summed E-state index contributed by atoms with van der Waals surface area (Å²) in [5, 5.41) is 2.55. The van der Waals surface area contributed by atoms with Gasteiger partial charge in [0.2, 0.25) is 5.91 Å². The molecule has 0 spiro atoms. The zero-order valence-corrected chi connectivity index (χ0v) is 12.1. The van der Waals surface area contributed by atoms with Gasteiger partial charge >= 0.3 is 0 Å². The molecule has 0 saturated heterocycles. The van der Waals surface area contributed by atoms with Crippen LogP contribution in [0.3, 0.4) is 0 Å². The third-order valence-electron chi connectivity index (χ3n) is 1.98. The van der Waals surface area contributed by atoms with Crippen molar-refractivity contribution in [1.82, 2.24) is 5.32 Å². The van der Waals surface area contributed by atoms with Gasteiger partial charge in [-0.3, -0.25) is 9.59 Å². The van der Waals surface area contributed by atoms with Crippen molar-refractivity contribution in [1.29, 1.82) is 0 Å². The first-order valence-electron chi connectivity index (χ1n) is 5.85. The molecule has 0 aliphatic rings. The molecule has 0 heterocycles. The molecule has 0 fully saturated rings. The molecule has 18 heavy (non-hydrogen) atoms. The van der Waals surface area contributed by atoms with E-state index in [-0.39, 0.29) is 17.6 Å². The molecule has 0 aromatic carbocycles. The summed E-state index contributed by atoms with van der Waals surface area (Å²) in [5.74, 6) is -0.627. The lowest BCUT2D eigenvalue weighted by atomic mass is 10.0. The average Bonchev–Trinajstić information content (AvgIpc) is 2.38. The fraction of sp³-hybridized carbons (Fsp3) is 0.429. The first-order chi connectivity index (χ1) is 8.54. The molecule has 0 aromatic heterocycles. The van der Waals surface area contributed by atoms with Crippen molar-refractivity contribution in [2.45, 2.75) is 33.2 Å². The van der Waals surface area contributed by atoms with Gasteiger partial charge in [-0.05, 0) is 18.9 Å². The van der Waals surface area contributed by atoms with Crippen LogP contribution in [0.1, 0.15) is 27.2 Å². The molecule has 0 rings (SSSR count). The van der Waals surface area contributed by atoms with E-state index in [1.807, 2.05) is 13.8 Å². The van der Waals surface area contributed by atoms with Crippen LogP contribution in [0.15, 0.2) is 37.0 Å². The number of allylic oxidation sites excluding steroid dienone is 3. The van der Waals surface area contributed by atoms with Crippen molar-refractivity contribution in [3.63, 3.8) is 0 Å². The first-order valence-corrected chi connectivity index (χ1v) is 6.38. The number of Topliss-reactive ketones (excluding diaryl/α,β-unsaturated/α-hetero) is 1. The summed E-state index contributed by atoms with van der Waals surface area (Å²) >= 11 is 5.36. The largest absolute Gasteiger partial charge is 0.345 e. The predicted molar refractivity (Wildman–Crippen MR) is 77.8 cm³/mol. The van der Waals surface area contributed by atoms with Crippen molar-refractivity contribution < 1.29 is 9.59 Å². The van der Waals surface area contributed by atoms with E-state index in [0.717, 1.165) is 5.57 Å². The van der Waals surface area contributed by atoms with Crippen LogP contribution in [0.25, 0.3) is 0 Å². The van der Waals surface area contributed by atoms with E-state index in [1.165, 1.54) is 6.92 Å². The van der Waals surface area contributed by atoms with Gasteiger partial charge in [0.05, 0.1) is 6.04 Å². The van der Waals surface area contributed by atoms with Gasteiger partial charge in [-0.25, -0.2) is 0 Å². The summed E-state index contributed by atoms with van der Waals surface area (Å²) in [4.78, 5) is 22.4. The Hall–Kier alpha value is -1.35. The Balaban J connectivity index is 0. The standard InChI is InChI=1S/C12H16ClNO2.C2H6/c1-4-6-10(5-2)7-11(9(3)15)14-12(16)8-13;1-2/h4-6,11H,1-2,7-8H2,3H3,(H,14,16);1-2H3/b10-6+;/t11-;/m0./s1. The SMILES string of the molecule is C=C/C=C(\C=C)C[C@H](NC(=O)CCl)C(C)=O.CC. The lowest BCUT2D eigenvalue weighted by Gasteiger charge is -2.15. The monoisotopic (exact) mass is 271 g/mol. The van der Waals surface area contributed by atoms with Gasteiger partial charge in [0.1, 0.15) is 5.88 Å². The van der Waals surface area contributed by atoms with E-state index in [2.05, 4.69) is 18.5 Å². The van der Waals surface area contributed by atoms with Gasteiger partial charge in [-0.1, -0.05) is 45.2 Å². The molecule has 0 unspecified atom stereocenters. The Labute approximate surface area is 115 Å². The highest BCUT2D eigenvalue weighted by atomic mass is 35.5. The van der Waals surface area contributed by atoms with Crippen molar-refractivity contribution in [2.24, 2.45) is 0 Å². The number of alkyl halides is 1. The maximum absolute atomic E-state index is 11.3. The van der Waals surface area contributed by atoms with Crippen LogP contribution < -0.4 is 5.32 Å². The summed E-state index contributed by atoms with van der Waals surface area (Å²) < 4.78 is 0. The van der Waals surface area contributed by atoms with Crippen LogP contribution in [0.4, 0.5) is 0 Å². The smallest absolute Gasteiger partial charge is 0.235 e. The van der Waals surface area contributed by atoms with Crippen LogP contribution in [0.5, 0.6) is 0 Å². The van der Waals surface area contributed by atoms with E-state index in [9.17, 15) is 9.59 Å². The number of halogens is 1. The Morgan fingerprint density at radius 3 is 2.22 bits per heavy atom. The van der Waals surface area contributed by atoms with E-state index in [4.69, 9.17) is 11.6 Å². The number of hydrogen-bond acceptors (Lipinski definition) is 2. The summed E-state index contributed by atoms with van der Waals surface area (Å²) in [6.07, 6.45) is 5.38. The zero-order valence-electron chi connectivity index (χ0n) is 11.3. The van der Waals surface area contributed by atoms with E-state index < -0.39 is 6.04 Å². The molecule has 1 atom stereocenters. The quantitative estimate of drug-likeness (QED) is 0.571.